The summed E-state index contributed by atoms with van der Waals surface area (Å²) < 4.78 is 11.3. The highest BCUT2D eigenvalue weighted by atomic mass is 16.5. The molecule has 0 aliphatic carbocycles. The Labute approximate surface area is 114 Å². The third-order valence-corrected chi connectivity index (χ3v) is 3.40. The molecule has 2 heterocycles. The van der Waals surface area contributed by atoms with Gasteiger partial charge in [0, 0.05) is 19.8 Å². The van der Waals surface area contributed by atoms with Crippen molar-refractivity contribution in [2.24, 2.45) is 5.92 Å². The molecule has 2 rings (SSSR count). The summed E-state index contributed by atoms with van der Waals surface area (Å²) in [5.41, 5.74) is 1.07. The second-order valence-electron chi connectivity index (χ2n) is 4.76. The molecule has 1 fully saturated rings. The van der Waals surface area contributed by atoms with Crippen molar-refractivity contribution in [1.29, 1.82) is 0 Å². The molecule has 0 spiro atoms. The lowest BCUT2D eigenvalue weighted by Crippen LogP contribution is -2.22. The molecule has 0 amide bonds. The summed E-state index contributed by atoms with van der Waals surface area (Å²) in [6.45, 7) is 7.43. The molecule has 1 aromatic rings. The minimum absolute atomic E-state index is 0.580. The maximum absolute atomic E-state index is 5.91. The molecule has 0 radical (unpaired) electrons. The van der Waals surface area contributed by atoms with Crippen LogP contribution in [0.15, 0.2) is 6.33 Å². The SMILES string of the molecule is CCNc1ncnc(OCC2CCOCC2)c1CC. The van der Waals surface area contributed by atoms with Gasteiger partial charge in [0.1, 0.15) is 12.1 Å². The van der Waals surface area contributed by atoms with Crippen LogP contribution < -0.4 is 10.1 Å². The number of rotatable bonds is 6. The van der Waals surface area contributed by atoms with Crippen LogP contribution >= 0.6 is 0 Å². The molecular weight excluding hydrogens is 242 g/mol. The maximum atomic E-state index is 5.91. The lowest BCUT2D eigenvalue weighted by Gasteiger charge is -2.22. The van der Waals surface area contributed by atoms with E-state index in [0.29, 0.717) is 5.92 Å². The van der Waals surface area contributed by atoms with Gasteiger partial charge in [0.05, 0.1) is 12.2 Å². The van der Waals surface area contributed by atoms with E-state index in [4.69, 9.17) is 9.47 Å². The van der Waals surface area contributed by atoms with Gasteiger partial charge in [-0.3, -0.25) is 0 Å². The summed E-state index contributed by atoms with van der Waals surface area (Å²) in [7, 11) is 0. The zero-order valence-electron chi connectivity index (χ0n) is 11.8. The van der Waals surface area contributed by atoms with Crippen LogP contribution in [-0.2, 0) is 11.2 Å². The predicted molar refractivity (Wildman–Crippen MR) is 74.6 cm³/mol. The molecule has 0 bridgehead atoms. The van der Waals surface area contributed by atoms with Crippen LogP contribution in [0.5, 0.6) is 5.88 Å². The van der Waals surface area contributed by atoms with Gasteiger partial charge in [-0.15, -0.1) is 0 Å². The van der Waals surface area contributed by atoms with Gasteiger partial charge in [0.25, 0.3) is 0 Å². The molecule has 1 aromatic heterocycles. The first-order valence-corrected chi connectivity index (χ1v) is 7.13. The molecule has 1 saturated heterocycles. The van der Waals surface area contributed by atoms with Gasteiger partial charge in [-0.05, 0) is 32.1 Å². The summed E-state index contributed by atoms with van der Waals surface area (Å²) in [6.07, 6.45) is 4.59. The highest BCUT2D eigenvalue weighted by Crippen LogP contribution is 2.24. The Balaban J connectivity index is 2.00. The highest BCUT2D eigenvalue weighted by Gasteiger charge is 2.16. The third-order valence-electron chi connectivity index (χ3n) is 3.40. The van der Waals surface area contributed by atoms with Gasteiger partial charge in [0.15, 0.2) is 0 Å². The molecule has 0 saturated carbocycles. The number of ether oxygens (including phenoxy) is 2. The second kappa shape index (κ2) is 7.28. The standard InChI is InChI=1S/C14H23N3O2/c1-3-12-13(15-4-2)16-10-17-14(12)19-9-11-5-7-18-8-6-11/h10-11H,3-9H2,1-2H3,(H,15,16,17). The zero-order valence-corrected chi connectivity index (χ0v) is 11.8. The predicted octanol–water partition coefficient (Wildman–Crippen LogP) is 2.28. The lowest BCUT2D eigenvalue weighted by atomic mass is 10.0. The van der Waals surface area contributed by atoms with Gasteiger partial charge < -0.3 is 14.8 Å². The molecule has 1 aliphatic rings. The van der Waals surface area contributed by atoms with Crippen molar-refractivity contribution in [1.82, 2.24) is 9.97 Å². The fraction of sp³-hybridized carbons (Fsp3) is 0.714. The molecule has 106 valence electrons. The molecular formula is C14H23N3O2. The van der Waals surface area contributed by atoms with E-state index in [2.05, 4.69) is 29.1 Å². The van der Waals surface area contributed by atoms with E-state index in [1.165, 1.54) is 0 Å². The van der Waals surface area contributed by atoms with Crippen molar-refractivity contribution in [3.05, 3.63) is 11.9 Å². The van der Waals surface area contributed by atoms with Crippen LogP contribution in [0.4, 0.5) is 5.82 Å². The van der Waals surface area contributed by atoms with Crippen molar-refractivity contribution < 1.29 is 9.47 Å². The molecule has 0 aromatic carbocycles. The van der Waals surface area contributed by atoms with E-state index in [-0.39, 0.29) is 0 Å². The Hall–Kier alpha value is -1.36. The van der Waals surface area contributed by atoms with E-state index in [1.54, 1.807) is 6.33 Å². The minimum Gasteiger partial charge on any atom is -0.477 e. The van der Waals surface area contributed by atoms with Crippen molar-refractivity contribution in [3.8, 4) is 5.88 Å². The zero-order chi connectivity index (χ0) is 13.5. The van der Waals surface area contributed by atoms with E-state index in [1.807, 2.05) is 0 Å². The Morgan fingerprint density at radius 2 is 2.11 bits per heavy atom. The van der Waals surface area contributed by atoms with Crippen LogP contribution in [0.1, 0.15) is 32.3 Å². The number of aromatic nitrogens is 2. The number of anilines is 1. The normalized spacial score (nSPS) is 16.3. The fourth-order valence-corrected chi connectivity index (χ4v) is 2.27. The van der Waals surface area contributed by atoms with Gasteiger partial charge in [0.2, 0.25) is 5.88 Å². The molecule has 1 aliphatic heterocycles. The molecule has 19 heavy (non-hydrogen) atoms. The number of hydrogen-bond donors (Lipinski definition) is 1. The third kappa shape index (κ3) is 3.80. The topological polar surface area (TPSA) is 56.3 Å². The molecule has 0 atom stereocenters. The van der Waals surface area contributed by atoms with E-state index in [0.717, 1.165) is 62.9 Å². The lowest BCUT2D eigenvalue weighted by molar-refractivity contribution is 0.0489. The van der Waals surface area contributed by atoms with E-state index >= 15 is 0 Å². The van der Waals surface area contributed by atoms with Crippen molar-refractivity contribution in [2.45, 2.75) is 33.1 Å². The van der Waals surface area contributed by atoms with Gasteiger partial charge >= 0.3 is 0 Å². The minimum atomic E-state index is 0.580. The van der Waals surface area contributed by atoms with Crippen LogP contribution in [0.3, 0.4) is 0 Å². The summed E-state index contributed by atoms with van der Waals surface area (Å²) in [5, 5.41) is 3.25. The first kappa shape index (κ1) is 14.1. The maximum Gasteiger partial charge on any atom is 0.221 e. The quantitative estimate of drug-likeness (QED) is 0.855. The second-order valence-corrected chi connectivity index (χ2v) is 4.76. The molecule has 5 heteroatoms. The number of hydrogen-bond acceptors (Lipinski definition) is 5. The smallest absolute Gasteiger partial charge is 0.221 e. The summed E-state index contributed by atoms with van der Waals surface area (Å²) in [4.78, 5) is 8.54. The van der Waals surface area contributed by atoms with Gasteiger partial charge in [-0.25, -0.2) is 9.97 Å². The molecule has 1 N–H and O–H groups in total. The Morgan fingerprint density at radius 1 is 1.32 bits per heavy atom. The van der Waals surface area contributed by atoms with Crippen LogP contribution in [0.25, 0.3) is 0 Å². The van der Waals surface area contributed by atoms with E-state index < -0.39 is 0 Å². The van der Waals surface area contributed by atoms with Crippen molar-refractivity contribution in [2.75, 3.05) is 31.7 Å². The largest absolute Gasteiger partial charge is 0.477 e. The van der Waals surface area contributed by atoms with Gasteiger partial charge in [-0.2, -0.15) is 0 Å². The Morgan fingerprint density at radius 3 is 2.79 bits per heavy atom. The summed E-state index contributed by atoms with van der Waals surface area (Å²) in [6, 6.07) is 0. The van der Waals surface area contributed by atoms with Crippen molar-refractivity contribution in [3.63, 3.8) is 0 Å². The van der Waals surface area contributed by atoms with Crippen molar-refractivity contribution >= 4 is 5.82 Å². The van der Waals surface area contributed by atoms with Crippen LogP contribution in [-0.4, -0.2) is 36.3 Å². The molecule has 0 unspecified atom stereocenters. The monoisotopic (exact) mass is 265 g/mol. The average Bonchev–Trinajstić information content (AvgIpc) is 2.46. The first-order valence-electron chi connectivity index (χ1n) is 7.13. The average molecular weight is 265 g/mol. The van der Waals surface area contributed by atoms with E-state index in [9.17, 15) is 0 Å². The summed E-state index contributed by atoms with van der Waals surface area (Å²) >= 11 is 0. The number of nitrogens with one attached hydrogen (secondary N) is 1. The highest BCUT2D eigenvalue weighted by molar-refractivity contribution is 5.48. The fourth-order valence-electron chi connectivity index (χ4n) is 2.27. The van der Waals surface area contributed by atoms with Crippen LogP contribution in [0, 0.1) is 5.92 Å². The summed E-state index contributed by atoms with van der Waals surface area (Å²) in [5.74, 6) is 2.19. The first-order chi connectivity index (χ1) is 9.35. The number of nitrogens with zero attached hydrogens (tertiary/aromatic N) is 2. The van der Waals surface area contributed by atoms with Gasteiger partial charge in [-0.1, -0.05) is 6.92 Å². The Bertz CT molecular complexity index is 392. The van der Waals surface area contributed by atoms with Crippen LogP contribution in [0.2, 0.25) is 0 Å². The molecule has 5 nitrogen and oxygen atoms in total. The Kier molecular flexibility index (Phi) is 5.39.